The fraction of sp³-hybridized carbons (Fsp3) is 0.471. The van der Waals surface area contributed by atoms with Crippen LogP contribution < -0.4 is 10.1 Å². The fourth-order valence-corrected chi connectivity index (χ4v) is 3.73. The summed E-state index contributed by atoms with van der Waals surface area (Å²) in [6.45, 7) is 1.26. The molecule has 1 aromatic heterocycles. The molecule has 1 aliphatic carbocycles. The molecule has 1 heterocycles. The van der Waals surface area contributed by atoms with E-state index >= 15 is 0 Å². The summed E-state index contributed by atoms with van der Waals surface area (Å²) in [5.41, 5.74) is 2.61. The van der Waals surface area contributed by atoms with Crippen molar-refractivity contribution in [3.05, 3.63) is 41.7 Å². The summed E-state index contributed by atoms with van der Waals surface area (Å²) < 4.78 is 30.5. The van der Waals surface area contributed by atoms with E-state index in [1.54, 1.807) is 24.3 Å². The minimum atomic E-state index is -3.16. The lowest BCUT2D eigenvalue weighted by Gasteiger charge is -2.24. The molecule has 0 fully saturated rings. The van der Waals surface area contributed by atoms with Gasteiger partial charge in [0, 0.05) is 37.1 Å². The number of benzene rings is 1. The largest absolute Gasteiger partial charge is 0.492 e. The average Bonchev–Trinajstić information content (AvgIpc) is 2.93. The maximum Gasteiger partial charge on any atom is 0.175 e. The minimum absolute atomic E-state index is 0.305. The van der Waals surface area contributed by atoms with Crippen molar-refractivity contribution in [2.75, 3.05) is 19.4 Å². The van der Waals surface area contributed by atoms with E-state index in [-0.39, 0.29) is 0 Å². The van der Waals surface area contributed by atoms with E-state index in [1.807, 2.05) is 17.9 Å². The van der Waals surface area contributed by atoms with Crippen molar-refractivity contribution in [2.24, 2.45) is 7.05 Å². The second kappa shape index (κ2) is 6.94. The van der Waals surface area contributed by atoms with Crippen molar-refractivity contribution < 1.29 is 13.2 Å². The molecule has 7 heteroatoms. The molecule has 0 saturated carbocycles. The van der Waals surface area contributed by atoms with Gasteiger partial charge in [-0.3, -0.25) is 4.68 Å². The minimum Gasteiger partial charge on any atom is -0.492 e. The van der Waals surface area contributed by atoms with E-state index in [0.29, 0.717) is 23.3 Å². The molecule has 0 amide bonds. The van der Waals surface area contributed by atoms with Crippen molar-refractivity contribution in [1.29, 1.82) is 0 Å². The molecule has 1 atom stereocenters. The SMILES string of the molecule is Cn1ncc2c1CCC[C@@H]2NCCOc1ccc(S(C)(=O)=O)cc1. The van der Waals surface area contributed by atoms with Gasteiger partial charge < -0.3 is 10.1 Å². The van der Waals surface area contributed by atoms with Crippen molar-refractivity contribution in [3.63, 3.8) is 0 Å². The molecular weight excluding hydrogens is 326 g/mol. The highest BCUT2D eigenvalue weighted by Crippen LogP contribution is 2.28. The summed E-state index contributed by atoms with van der Waals surface area (Å²) in [4.78, 5) is 0.305. The van der Waals surface area contributed by atoms with E-state index in [1.165, 1.54) is 17.5 Å². The lowest BCUT2D eigenvalue weighted by molar-refractivity contribution is 0.300. The Hall–Kier alpha value is -1.86. The highest BCUT2D eigenvalue weighted by molar-refractivity contribution is 7.90. The van der Waals surface area contributed by atoms with Crippen LogP contribution in [0.25, 0.3) is 0 Å². The van der Waals surface area contributed by atoms with Gasteiger partial charge in [0.05, 0.1) is 11.1 Å². The average molecular weight is 349 g/mol. The summed E-state index contributed by atoms with van der Waals surface area (Å²) >= 11 is 0. The van der Waals surface area contributed by atoms with Gasteiger partial charge in [0.1, 0.15) is 12.4 Å². The molecule has 0 aliphatic heterocycles. The summed E-state index contributed by atoms with van der Waals surface area (Å²) in [6, 6.07) is 6.85. The predicted molar refractivity (Wildman–Crippen MR) is 91.9 cm³/mol. The maximum absolute atomic E-state index is 11.4. The fourth-order valence-electron chi connectivity index (χ4n) is 3.10. The van der Waals surface area contributed by atoms with Crippen LogP contribution in [0.1, 0.15) is 30.1 Å². The lowest BCUT2D eigenvalue weighted by Crippen LogP contribution is -2.28. The maximum atomic E-state index is 11.4. The highest BCUT2D eigenvalue weighted by Gasteiger charge is 2.22. The number of aromatic nitrogens is 2. The van der Waals surface area contributed by atoms with E-state index in [9.17, 15) is 8.42 Å². The number of nitrogens with zero attached hydrogens (tertiary/aromatic N) is 2. The summed E-state index contributed by atoms with van der Waals surface area (Å²) in [5.74, 6) is 0.676. The molecule has 130 valence electrons. The van der Waals surface area contributed by atoms with Crippen LogP contribution in [-0.4, -0.2) is 37.6 Å². The Morgan fingerprint density at radius 2 is 2.08 bits per heavy atom. The van der Waals surface area contributed by atoms with E-state index in [0.717, 1.165) is 25.8 Å². The second-order valence-corrected chi connectivity index (χ2v) is 8.18. The van der Waals surface area contributed by atoms with Crippen LogP contribution in [0.2, 0.25) is 0 Å². The zero-order valence-electron chi connectivity index (χ0n) is 14.0. The second-order valence-electron chi connectivity index (χ2n) is 6.16. The van der Waals surface area contributed by atoms with E-state index in [2.05, 4.69) is 10.4 Å². The Balaban J connectivity index is 1.49. The molecular formula is C17H23N3O3S. The van der Waals surface area contributed by atoms with Gasteiger partial charge >= 0.3 is 0 Å². The first kappa shape index (κ1) is 17.0. The quantitative estimate of drug-likeness (QED) is 0.806. The molecule has 2 aromatic rings. The van der Waals surface area contributed by atoms with Crippen molar-refractivity contribution in [3.8, 4) is 5.75 Å². The molecule has 0 radical (unpaired) electrons. The van der Waals surface area contributed by atoms with Gasteiger partial charge in [0.25, 0.3) is 0 Å². The predicted octanol–water partition coefficient (Wildman–Crippen LogP) is 1.87. The van der Waals surface area contributed by atoms with E-state index in [4.69, 9.17) is 4.74 Å². The number of ether oxygens (including phenoxy) is 1. The Labute approximate surface area is 142 Å². The number of aryl methyl sites for hydroxylation is 1. The Morgan fingerprint density at radius 1 is 1.33 bits per heavy atom. The molecule has 1 aliphatic rings. The van der Waals surface area contributed by atoms with Gasteiger partial charge in [-0.25, -0.2) is 8.42 Å². The van der Waals surface area contributed by atoms with Crippen LogP contribution in [0.5, 0.6) is 5.75 Å². The van der Waals surface area contributed by atoms with Crippen LogP contribution in [-0.2, 0) is 23.3 Å². The van der Waals surface area contributed by atoms with Gasteiger partial charge in [0.15, 0.2) is 9.84 Å². The summed E-state index contributed by atoms with van der Waals surface area (Å²) in [5, 5.41) is 7.87. The first-order valence-electron chi connectivity index (χ1n) is 8.12. The lowest BCUT2D eigenvalue weighted by atomic mass is 9.93. The number of hydrogen-bond donors (Lipinski definition) is 1. The Kier molecular flexibility index (Phi) is 4.91. The van der Waals surface area contributed by atoms with Gasteiger partial charge in [0.2, 0.25) is 0 Å². The number of nitrogens with one attached hydrogen (secondary N) is 1. The highest BCUT2D eigenvalue weighted by atomic mass is 32.2. The normalized spacial score (nSPS) is 17.5. The third-order valence-electron chi connectivity index (χ3n) is 4.39. The van der Waals surface area contributed by atoms with E-state index < -0.39 is 9.84 Å². The number of fused-ring (bicyclic) bond motifs is 1. The molecule has 0 bridgehead atoms. The zero-order chi connectivity index (χ0) is 17.2. The molecule has 6 nitrogen and oxygen atoms in total. The Morgan fingerprint density at radius 3 is 2.79 bits per heavy atom. The number of sulfone groups is 1. The Bertz CT molecular complexity index is 797. The molecule has 24 heavy (non-hydrogen) atoms. The van der Waals surface area contributed by atoms with Crippen LogP contribution in [0.4, 0.5) is 0 Å². The van der Waals surface area contributed by atoms with Crippen LogP contribution in [0.15, 0.2) is 35.4 Å². The first-order chi connectivity index (χ1) is 11.4. The molecule has 1 N–H and O–H groups in total. The van der Waals surface area contributed by atoms with Crippen LogP contribution >= 0.6 is 0 Å². The molecule has 0 unspecified atom stereocenters. The van der Waals surface area contributed by atoms with Gasteiger partial charge in [-0.05, 0) is 43.5 Å². The van der Waals surface area contributed by atoms with Gasteiger partial charge in [-0.15, -0.1) is 0 Å². The molecule has 3 rings (SSSR count). The molecule has 0 spiro atoms. The van der Waals surface area contributed by atoms with Gasteiger partial charge in [-0.1, -0.05) is 0 Å². The third kappa shape index (κ3) is 3.79. The standard InChI is InChI=1S/C17H23N3O3S/c1-20-17-5-3-4-16(15(17)12-19-20)18-10-11-23-13-6-8-14(9-7-13)24(2,21)22/h6-9,12,16,18H,3-5,10-11H2,1-2H3/t16-/m0/s1. The van der Waals surface area contributed by atoms with Crippen LogP contribution in [0, 0.1) is 0 Å². The topological polar surface area (TPSA) is 73.2 Å². The first-order valence-corrected chi connectivity index (χ1v) is 10.0. The molecule has 0 saturated heterocycles. The zero-order valence-corrected chi connectivity index (χ0v) is 14.8. The summed E-state index contributed by atoms with van der Waals surface area (Å²) in [7, 11) is -1.17. The summed E-state index contributed by atoms with van der Waals surface area (Å²) in [6.07, 6.45) is 6.52. The van der Waals surface area contributed by atoms with Crippen molar-refractivity contribution in [1.82, 2.24) is 15.1 Å². The van der Waals surface area contributed by atoms with Gasteiger partial charge in [-0.2, -0.15) is 5.10 Å². The molecule has 1 aromatic carbocycles. The smallest absolute Gasteiger partial charge is 0.175 e. The van der Waals surface area contributed by atoms with Crippen molar-refractivity contribution >= 4 is 9.84 Å². The number of rotatable bonds is 6. The van der Waals surface area contributed by atoms with Crippen molar-refractivity contribution in [2.45, 2.75) is 30.2 Å². The van der Waals surface area contributed by atoms with Crippen LogP contribution in [0.3, 0.4) is 0 Å². The number of hydrogen-bond acceptors (Lipinski definition) is 5. The third-order valence-corrected chi connectivity index (χ3v) is 5.52. The monoisotopic (exact) mass is 349 g/mol.